The topological polar surface area (TPSA) is 89.3 Å². The first-order chi connectivity index (χ1) is 11.0. The first-order valence-electron chi connectivity index (χ1n) is 6.81. The Labute approximate surface area is 132 Å². The molecule has 0 spiro atoms. The molecule has 0 saturated heterocycles. The van der Waals surface area contributed by atoms with E-state index in [1.54, 1.807) is 30.3 Å². The lowest BCUT2D eigenvalue weighted by atomic mass is 10.1. The predicted molar refractivity (Wildman–Crippen MR) is 85.7 cm³/mol. The highest BCUT2D eigenvalue weighted by atomic mass is 16.6. The van der Waals surface area contributed by atoms with Gasteiger partial charge in [0.05, 0.1) is 10.6 Å². The standard InChI is InChI=1S/C17H14N2O4/c1-12(20)18-16(11-17(21)14-5-3-2-4-6-14)13-7-9-15(10-8-13)19(22)23/h2-11H,1H3,(H,18,20)/b16-11-. The number of nitro groups is 1. The first kappa shape index (κ1) is 16.1. The number of ketones is 1. The van der Waals surface area contributed by atoms with E-state index in [-0.39, 0.29) is 17.4 Å². The quantitative estimate of drug-likeness (QED) is 0.398. The molecule has 0 saturated carbocycles. The molecule has 116 valence electrons. The molecule has 23 heavy (non-hydrogen) atoms. The number of nitrogens with one attached hydrogen (secondary N) is 1. The van der Waals surface area contributed by atoms with Crippen LogP contribution in [0.4, 0.5) is 5.69 Å². The molecule has 6 nitrogen and oxygen atoms in total. The Morgan fingerprint density at radius 2 is 1.61 bits per heavy atom. The summed E-state index contributed by atoms with van der Waals surface area (Å²) >= 11 is 0. The summed E-state index contributed by atoms with van der Waals surface area (Å²) in [4.78, 5) is 33.8. The van der Waals surface area contributed by atoms with Crippen LogP contribution in [0.5, 0.6) is 0 Å². The number of benzene rings is 2. The van der Waals surface area contributed by atoms with E-state index in [9.17, 15) is 19.7 Å². The third kappa shape index (κ3) is 4.34. The fourth-order valence-corrected chi connectivity index (χ4v) is 1.96. The molecule has 0 radical (unpaired) electrons. The summed E-state index contributed by atoms with van der Waals surface area (Å²) in [6, 6.07) is 14.2. The molecule has 0 aliphatic rings. The maximum absolute atomic E-state index is 12.2. The van der Waals surface area contributed by atoms with E-state index in [2.05, 4.69) is 5.32 Å². The summed E-state index contributed by atoms with van der Waals surface area (Å²) in [6.45, 7) is 1.33. The zero-order valence-corrected chi connectivity index (χ0v) is 12.4. The van der Waals surface area contributed by atoms with Crippen LogP contribution in [0.3, 0.4) is 0 Å². The summed E-state index contributed by atoms with van der Waals surface area (Å²) in [7, 11) is 0. The molecule has 0 bridgehead atoms. The molecule has 2 aromatic rings. The largest absolute Gasteiger partial charge is 0.326 e. The molecule has 1 N–H and O–H groups in total. The number of nitro benzene ring substituents is 1. The molecule has 0 atom stereocenters. The molecule has 0 aromatic heterocycles. The fraction of sp³-hybridized carbons (Fsp3) is 0.0588. The lowest BCUT2D eigenvalue weighted by Crippen LogP contribution is -2.19. The van der Waals surface area contributed by atoms with Crippen molar-refractivity contribution in [1.29, 1.82) is 0 Å². The molecule has 0 heterocycles. The molecular weight excluding hydrogens is 296 g/mol. The smallest absolute Gasteiger partial charge is 0.269 e. The highest BCUT2D eigenvalue weighted by Crippen LogP contribution is 2.18. The highest BCUT2D eigenvalue weighted by Gasteiger charge is 2.11. The average molecular weight is 310 g/mol. The molecule has 2 aromatic carbocycles. The van der Waals surface area contributed by atoms with Crippen molar-refractivity contribution in [3.8, 4) is 0 Å². The van der Waals surface area contributed by atoms with Crippen molar-refractivity contribution in [3.63, 3.8) is 0 Å². The third-order valence-corrected chi connectivity index (χ3v) is 3.03. The maximum atomic E-state index is 12.2. The van der Waals surface area contributed by atoms with E-state index in [1.807, 2.05) is 0 Å². The van der Waals surface area contributed by atoms with Gasteiger partial charge >= 0.3 is 0 Å². The average Bonchev–Trinajstić information content (AvgIpc) is 2.54. The van der Waals surface area contributed by atoms with Gasteiger partial charge in [0.2, 0.25) is 5.91 Å². The third-order valence-electron chi connectivity index (χ3n) is 3.03. The van der Waals surface area contributed by atoms with Crippen molar-refractivity contribution < 1.29 is 14.5 Å². The Balaban J connectivity index is 2.36. The van der Waals surface area contributed by atoms with Gasteiger partial charge < -0.3 is 5.32 Å². The monoisotopic (exact) mass is 310 g/mol. The van der Waals surface area contributed by atoms with E-state index in [4.69, 9.17) is 0 Å². The number of rotatable bonds is 5. The van der Waals surface area contributed by atoms with E-state index >= 15 is 0 Å². The maximum Gasteiger partial charge on any atom is 0.269 e. The van der Waals surface area contributed by atoms with Gasteiger partial charge in [0, 0.05) is 30.7 Å². The Hall–Kier alpha value is -3.28. The van der Waals surface area contributed by atoms with Gasteiger partial charge in [0.25, 0.3) is 5.69 Å². The van der Waals surface area contributed by atoms with Gasteiger partial charge in [-0.1, -0.05) is 30.3 Å². The minimum absolute atomic E-state index is 0.0645. The normalized spacial score (nSPS) is 10.9. The lowest BCUT2D eigenvalue weighted by molar-refractivity contribution is -0.384. The van der Waals surface area contributed by atoms with Gasteiger partial charge in [-0.3, -0.25) is 19.7 Å². The van der Waals surface area contributed by atoms with Crippen molar-refractivity contribution in [2.75, 3.05) is 0 Å². The van der Waals surface area contributed by atoms with Crippen LogP contribution >= 0.6 is 0 Å². The number of carbonyl (C=O) groups is 2. The molecular formula is C17H14N2O4. The number of non-ortho nitro benzene ring substituents is 1. The Bertz CT molecular complexity index is 765. The Morgan fingerprint density at radius 3 is 2.13 bits per heavy atom. The minimum atomic E-state index is -0.513. The van der Waals surface area contributed by atoms with Crippen LogP contribution in [0.1, 0.15) is 22.8 Å². The summed E-state index contributed by atoms with van der Waals surface area (Å²) in [5, 5.41) is 13.3. The van der Waals surface area contributed by atoms with Crippen LogP contribution < -0.4 is 5.32 Å². The van der Waals surface area contributed by atoms with E-state index in [1.165, 1.54) is 37.3 Å². The van der Waals surface area contributed by atoms with Crippen molar-refractivity contribution in [2.45, 2.75) is 6.92 Å². The van der Waals surface area contributed by atoms with E-state index in [0.717, 1.165) is 0 Å². The number of hydrogen-bond donors (Lipinski definition) is 1. The number of allylic oxidation sites excluding steroid dienone is 1. The van der Waals surface area contributed by atoms with Crippen LogP contribution in [0.15, 0.2) is 60.7 Å². The molecule has 0 fully saturated rings. The molecule has 0 unspecified atom stereocenters. The lowest BCUT2D eigenvalue weighted by Gasteiger charge is -2.08. The van der Waals surface area contributed by atoms with Crippen molar-refractivity contribution >= 4 is 23.1 Å². The zero-order chi connectivity index (χ0) is 16.8. The van der Waals surface area contributed by atoms with Crippen molar-refractivity contribution in [3.05, 3.63) is 81.9 Å². The number of amides is 1. The van der Waals surface area contributed by atoms with Gasteiger partial charge in [-0.2, -0.15) is 0 Å². The predicted octanol–water partition coefficient (Wildman–Crippen LogP) is 2.95. The Morgan fingerprint density at radius 1 is 1.00 bits per heavy atom. The zero-order valence-electron chi connectivity index (χ0n) is 12.4. The summed E-state index contributed by atoms with van der Waals surface area (Å²) < 4.78 is 0. The summed E-state index contributed by atoms with van der Waals surface area (Å²) in [5.74, 6) is -0.608. The number of nitrogens with zero attached hydrogens (tertiary/aromatic N) is 1. The molecule has 0 aliphatic heterocycles. The van der Waals surface area contributed by atoms with Gasteiger partial charge in [-0.15, -0.1) is 0 Å². The van der Waals surface area contributed by atoms with Gasteiger partial charge in [0.1, 0.15) is 0 Å². The van der Waals surface area contributed by atoms with Gasteiger partial charge in [-0.05, 0) is 17.7 Å². The van der Waals surface area contributed by atoms with Crippen LogP contribution in [0.25, 0.3) is 5.70 Å². The Kier molecular flexibility index (Phi) is 4.99. The summed E-state index contributed by atoms with van der Waals surface area (Å²) in [5.41, 5.74) is 1.22. The SMILES string of the molecule is CC(=O)N/C(=C\C(=O)c1ccccc1)c1ccc([N+](=O)[O-])cc1. The van der Waals surface area contributed by atoms with Crippen LogP contribution in [-0.4, -0.2) is 16.6 Å². The van der Waals surface area contributed by atoms with Crippen LogP contribution in [0, 0.1) is 10.1 Å². The van der Waals surface area contributed by atoms with E-state index < -0.39 is 4.92 Å². The molecule has 0 aliphatic carbocycles. The second-order valence-electron chi connectivity index (χ2n) is 4.77. The second-order valence-corrected chi connectivity index (χ2v) is 4.77. The fourth-order valence-electron chi connectivity index (χ4n) is 1.96. The van der Waals surface area contributed by atoms with Crippen LogP contribution in [-0.2, 0) is 4.79 Å². The van der Waals surface area contributed by atoms with Crippen molar-refractivity contribution in [1.82, 2.24) is 5.32 Å². The van der Waals surface area contributed by atoms with Gasteiger partial charge in [-0.25, -0.2) is 0 Å². The minimum Gasteiger partial charge on any atom is -0.326 e. The molecule has 2 rings (SSSR count). The first-order valence-corrected chi connectivity index (χ1v) is 6.81. The molecule has 1 amide bonds. The summed E-state index contributed by atoms with van der Waals surface area (Å²) in [6.07, 6.45) is 1.30. The van der Waals surface area contributed by atoms with E-state index in [0.29, 0.717) is 16.8 Å². The van der Waals surface area contributed by atoms with Crippen LogP contribution in [0.2, 0.25) is 0 Å². The van der Waals surface area contributed by atoms with Gasteiger partial charge in [0.15, 0.2) is 5.78 Å². The molecule has 6 heteroatoms. The second kappa shape index (κ2) is 7.13. The highest BCUT2D eigenvalue weighted by molar-refractivity contribution is 6.09. The number of hydrogen-bond acceptors (Lipinski definition) is 4. The van der Waals surface area contributed by atoms with Crippen molar-refractivity contribution in [2.24, 2.45) is 0 Å². The number of carbonyl (C=O) groups excluding carboxylic acids is 2.